The van der Waals surface area contributed by atoms with Crippen LogP contribution in [0.3, 0.4) is 0 Å². The molecule has 1 aliphatic heterocycles. The number of ether oxygens (including phenoxy) is 1. The van der Waals surface area contributed by atoms with Crippen LogP contribution in [-0.2, 0) is 9.53 Å². The third-order valence-electron chi connectivity index (χ3n) is 2.59. The van der Waals surface area contributed by atoms with E-state index in [1.807, 2.05) is 29.2 Å². The van der Waals surface area contributed by atoms with Gasteiger partial charge in [-0.15, -0.1) is 0 Å². The van der Waals surface area contributed by atoms with Crippen molar-refractivity contribution in [2.75, 3.05) is 31.6 Å². The van der Waals surface area contributed by atoms with Gasteiger partial charge < -0.3 is 15.0 Å². The first kappa shape index (κ1) is 13.5. The molecular formula is C12H13BrN2O2S. The Balaban J connectivity index is 1.94. The summed E-state index contributed by atoms with van der Waals surface area (Å²) >= 11 is 8.51. The highest BCUT2D eigenvalue weighted by Crippen LogP contribution is 2.14. The van der Waals surface area contributed by atoms with Crippen molar-refractivity contribution in [1.82, 2.24) is 4.90 Å². The van der Waals surface area contributed by atoms with Crippen molar-refractivity contribution in [2.45, 2.75) is 0 Å². The fourth-order valence-corrected chi connectivity index (χ4v) is 2.13. The van der Waals surface area contributed by atoms with Gasteiger partial charge in [-0.2, -0.15) is 0 Å². The Morgan fingerprint density at radius 1 is 1.28 bits per heavy atom. The molecule has 0 saturated carbocycles. The van der Waals surface area contributed by atoms with Crippen LogP contribution in [0.15, 0.2) is 28.7 Å². The third kappa shape index (κ3) is 3.51. The minimum Gasteiger partial charge on any atom is -0.378 e. The Hall–Kier alpha value is -0.980. The number of carbonyl (C=O) groups is 1. The Morgan fingerprint density at radius 2 is 1.89 bits per heavy atom. The fourth-order valence-electron chi connectivity index (χ4n) is 1.63. The Kier molecular flexibility index (Phi) is 4.68. The predicted octanol–water partition coefficient (Wildman–Crippen LogP) is 2.05. The van der Waals surface area contributed by atoms with Crippen LogP contribution in [0.1, 0.15) is 0 Å². The van der Waals surface area contributed by atoms with Gasteiger partial charge in [0.1, 0.15) is 0 Å². The van der Waals surface area contributed by atoms with E-state index in [0.717, 1.165) is 10.2 Å². The second-order valence-electron chi connectivity index (χ2n) is 3.87. The van der Waals surface area contributed by atoms with Crippen molar-refractivity contribution >= 4 is 44.7 Å². The number of morpholine rings is 1. The maximum absolute atomic E-state index is 12.0. The first-order valence-corrected chi connectivity index (χ1v) is 6.80. The average Bonchev–Trinajstić information content (AvgIpc) is 2.41. The summed E-state index contributed by atoms with van der Waals surface area (Å²) in [4.78, 5) is 14.1. The van der Waals surface area contributed by atoms with E-state index in [1.54, 1.807) is 0 Å². The second-order valence-corrected chi connectivity index (χ2v) is 5.17. The maximum atomic E-state index is 12.0. The van der Waals surface area contributed by atoms with Gasteiger partial charge in [0, 0.05) is 23.2 Å². The molecule has 4 nitrogen and oxygen atoms in total. The number of carbonyl (C=O) groups excluding carboxylic acids is 1. The average molecular weight is 329 g/mol. The molecule has 1 saturated heterocycles. The summed E-state index contributed by atoms with van der Waals surface area (Å²) in [7, 11) is 0. The van der Waals surface area contributed by atoms with Gasteiger partial charge in [0.15, 0.2) is 4.99 Å². The molecule has 1 aliphatic rings. The van der Waals surface area contributed by atoms with Crippen LogP contribution in [0, 0.1) is 0 Å². The van der Waals surface area contributed by atoms with E-state index in [2.05, 4.69) is 21.2 Å². The monoisotopic (exact) mass is 328 g/mol. The van der Waals surface area contributed by atoms with Gasteiger partial charge in [-0.1, -0.05) is 28.1 Å². The van der Waals surface area contributed by atoms with Gasteiger partial charge in [0.2, 0.25) is 0 Å². The second kappa shape index (κ2) is 6.26. The molecule has 0 radical (unpaired) electrons. The highest BCUT2D eigenvalue weighted by Gasteiger charge is 2.19. The first-order valence-electron chi connectivity index (χ1n) is 5.60. The van der Waals surface area contributed by atoms with Crippen molar-refractivity contribution in [3.05, 3.63) is 28.7 Å². The molecule has 96 valence electrons. The summed E-state index contributed by atoms with van der Waals surface area (Å²) in [6.45, 7) is 2.58. The number of amides is 1. The van der Waals surface area contributed by atoms with Crippen LogP contribution in [-0.4, -0.2) is 42.1 Å². The molecule has 18 heavy (non-hydrogen) atoms. The lowest BCUT2D eigenvalue weighted by molar-refractivity contribution is -0.111. The Bertz CT molecular complexity index is 444. The van der Waals surface area contributed by atoms with Crippen LogP contribution in [0.25, 0.3) is 0 Å². The van der Waals surface area contributed by atoms with Gasteiger partial charge in [-0.25, -0.2) is 0 Å². The summed E-state index contributed by atoms with van der Waals surface area (Å²) in [5, 5.41) is 2.78. The summed E-state index contributed by atoms with van der Waals surface area (Å²) in [6.07, 6.45) is 0. The van der Waals surface area contributed by atoms with Crippen LogP contribution < -0.4 is 5.32 Å². The topological polar surface area (TPSA) is 41.6 Å². The van der Waals surface area contributed by atoms with Crippen LogP contribution in [0.4, 0.5) is 5.69 Å². The molecule has 1 aromatic carbocycles. The molecule has 0 spiro atoms. The van der Waals surface area contributed by atoms with Crippen molar-refractivity contribution in [1.29, 1.82) is 0 Å². The van der Waals surface area contributed by atoms with Crippen LogP contribution >= 0.6 is 28.1 Å². The molecular weight excluding hydrogens is 316 g/mol. The lowest BCUT2D eigenvalue weighted by Crippen LogP contribution is -2.44. The quantitative estimate of drug-likeness (QED) is 0.801. The normalized spacial score (nSPS) is 15.3. The molecule has 1 heterocycles. The number of benzene rings is 1. The molecule has 1 aromatic rings. The maximum Gasteiger partial charge on any atom is 0.283 e. The minimum atomic E-state index is -0.241. The lowest BCUT2D eigenvalue weighted by Gasteiger charge is -2.28. The molecule has 0 bridgehead atoms. The van der Waals surface area contributed by atoms with E-state index in [9.17, 15) is 4.79 Å². The van der Waals surface area contributed by atoms with Crippen molar-refractivity contribution in [3.63, 3.8) is 0 Å². The molecule has 1 amide bonds. The third-order valence-corrected chi connectivity index (χ3v) is 3.57. The molecule has 0 aliphatic carbocycles. The zero-order valence-electron chi connectivity index (χ0n) is 9.69. The van der Waals surface area contributed by atoms with Gasteiger partial charge >= 0.3 is 0 Å². The number of hydrogen-bond donors (Lipinski definition) is 1. The van der Waals surface area contributed by atoms with E-state index in [4.69, 9.17) is 17.0 Å². The van der Waals surface area contributed by atoms with Crippen molar-refractivity contribution in [3.8, 4) is 0 Å². The largest absolute Gasteiger partial charge is 0.378 e. The Morgan fingerprint density at radius 3 is 2.50 bits per heavy atom. The zero-order valence-corrected chi connectivity index (χ0v) is 12.1. The number of nitrogens with zero attached hydrogens (tertiary/aromatic N) is 1. The minimum absolute atomic E-state index is 0.241. The summed E-state index contributed by atoms with van der Waals surface area (Å²) in [6, 6.07) is 7.38. The fraction of sp³-hybridized carbons (Fsp3) is 0.333. The van der Waals surface area contributed by atoms with Gasteiger partial charge in [-0.05, 0) is 24.3 Å². The Labute approximate surface area is 119 Å². The highest BCUT2D eigenvalue weighted by atomic mass is 79.9. The number of rotatable bonds is 1. The first-order chi connectivity index (χ1) is 8.66. The number of halogens is 1. The van der Waals surface area contributed by atoms with E-state index >= 15 is 0 Å². The summed E-state index contributed by atoms with van der Waals surface area (Å²) in [5.74, 6) is -0.241. The van der Waals surface area contributed by atoms with E-state index < -0.39 is 0 Å². The standard InChI is InChI=1S/C12H13BrN2O2S/c13-9-1-3-10(4-2-9)14-11(16)12(18)15-5-7-17-8-6-15/h1-4H,5-8H2,(H,14,16). The van der Waals surface area contributed by atoms with Crippen LogP contribution in [0.5, 0.6) is 0 Å². The SMILES string of the molecule is O=C(Nc1ccc(Br)cc1)C(=S)N1CCOCC1. The highest BCUT2D eigenvalue weighted by molar-refractivity contribution is 9.10. The van der Waals surface area contributed by atoms with Gasteiger partial charge in [0.25, 0.3) is 5.91 Å². The molecule has 2 rings (SSSR count). The number of anilines is 1. The molecule has 0 aromatic heterocycles. The van der Waals surface area contributed by atoms with E-state index in [1.165, 1.54) is 0 Å². The van der Waals surface area contributed by atoms with Gasteiger partial charge in [-0.3, -0.25) is 4.79 Å². The number of hydrogen-bond acceptors (Lipinski definition) is 3. The molecule has 0 atom stereocenters. The number of thiocarbonyl (C=S) groups is 1. The summed E-state index contributed by atoms with van der Waals surface area (Å²) in [5.41, 5.74) is 0.735. The number of nitrogens with one attached hydrogen (secondary N) is 1. The molecule has 1 N–H and O–H groups in total. The molecule has 1 fully saturated rings. The molecule has 0 unspecified atom stereocenters. The summed E-state index contributed by atoms with van der Waals surface area (Å²) < 4.78 is 6.19. The lowest BCUT2D eigenvalue weighted by atomic mass is 10.3. The van der Waals surface area contributed by atoms with Gasteiger partial charge in [0.05, 0.1) is 13.2 Å². The molecule has 6 heteroatoms. The van der Waals surface area contributed by atoms with Crippen molar-refractivity contribution < 1.29 is 9.53 Å². The smallest absolute Gasteiger partial charge is 0.283 e. The van der Waals surface area contributed by atoms with Crippen LogP contribution in [0.2, 0.25) is 0 Å². The van der Waals surface area contributed by atoms with Crippen molar-refractivity contribution in [2.24, 2.45) is 0 Å². The van der Waals surface area contributed by atoms with E-state index in [0.29, 0.717) is 31.3 Å². The zero-order chi connectivity index (χ0) is 13.0. The predicted molar refractivity (Wildman–Crippen MR) is 77.8 cm³/mol. The van der Waals surface area contributed by atoms with E-state index in [-0.39, 0.29) is 5.91 Å².